The van der Waals surface area contributed by atoms with Crippen molar-refractivity contribution in [1.82, 2.24) is 6.15 Å². The first-order valence-corrected chi connectivity index (χ1v) is 5.82. The molecule has 0 aromatic heterocycles. The van der Waals surface area contributed by atoms with E-state index >= 15 is 0 Å². The van der Waals surface area contributed by atoms with E-state index in [0.717, 1.165) is 11.1 Å². The van der Waals surface area contributed by atoms with Crippen LogP contribution < -0.4 is 6.15 Å². The van der Waals surface area contributed by atoms with Gasteiger partial charge in [0, 0.05) is 13.3 Å². The Hall–Kier alpha value is -1.72. The van der Waals surface area contributed by atoms with E-state index in [4.69, 9.17) is 16.7 Å². The van der Waals surface area contributed by atoms with Gasteiger partial charge in [-0.25, -0.2) is 0 Å². The van der Waals surface area contributed by atoms with Crippen molar-refractivity contribution in [2.45, 2.75) is 25.1 Å². The van der Waals surface area contributed by atoms with Crippen LogP contribution in [0.5, 0.6) is 0 Å². The highest BCUT2D eigenvalue weighted by Crippen LogP contribution is 2.11. The maximum Gasteiger partial charge on any atom is 0.321 e. The Balaban J connectivity index is 0.00000324. The third-order valence-electron chi connectivity index (χ3n) is 2.46. The van der Waals surface area contributed by atoms with E-state index in [0.29, 0.717) is 0 Å². The van der Waals surface area contributed by atoms with Crippen molar-refractivity contribution in [2.75, 3.05) is 0 Å². The number of carboxylic acids is 1. The summed E-state index contributed by atoms with van der Waals surface area (Å²) in [5.41, 5.74) is 1.50. The molecule has 5 nitrogen and oxygen atoms in total. The summed E-state index contributed by atoms with van der Waals surface area (Å²) in [6.07, 6.45) is 0.288. The number of carboxylic acid groups (broad SMARTS) is 1. The molecular weight excluding hydrogens is 270 g/mol. The zero-order chi connectivity index (χ0) is 13.7. The van der Waals surface area contributed by atoms with Gasteiger partial charge in [-0.05, 0) is 17.5 Å². The molecule has 0 aliphatic carbocycles. The minimum atomic E-state index is -1.06. The van der Waals surface area contributed by atoms with Gasteiger partial charge in [-0.1, -0.05) is 24.3 Å². The van der Waals surface area contributed by atoms with Gasteiger partial charge in [0.15, 0.2) is 5.78 Å². The molecule has 0 radical (unpaired) electrons. The summed E-state index contributed by atoms with van der Waals surface area (Å²) < 4.78 is 0. The second kappa shape index (κ2) is 7.66. The number of Topliss-reactive ketones (excluding diaryl/α,β-unsaturated/α-hetero) is 2. The van der Waals surface area contributed by atoms with E-state index in [1.807, 2.05) is 0 Å². The van der Waals surface area contributed by atoms with Crippen molar-refractivity contribution in [3.8, 4) is 0 Å². The van der Waals surface area contributed by atoms with Crippen molar-refractivity contribution < 1.29 is 19.5 Å². The van der Waals surface area contributed by atoms with Gasteiger partial charge in [0.2, 0.25) is 5.78 Å². The van der Waals surface area contributed by atoms with E-state index in [1.54, 1.807) is 24.3 Å². The molecule has 0 saturated heterocycles. The van der Waals surface area contributed by atoms with Crippen molar-refractivity contribution in [2.24, 2.45) is 0 Å². The standard InChI is InChI=1S/C13H13ClO4.H3N/c1-8(15)12(16)7-10-4-2-9(3-5-10)6-11(14)13(17)18;/h2-5,11H,6-7H2,1H3,(H,17,18);1H3. The van der Waals surface area contributed by atoms with Gasteiger partial charge in [0.25, 0.3) is 0 Å². The van der Waals surface area contributed by atoms with Gasteiger partial charge in [-0.2, -0.15) is 0 Å². The zero-order valence-corrected chi connectivity index (χ0v) is 11.3. The molecule has 6 heteroatoms. The first kappa shape index (κ1) is 17.3. The van der Waals surface area contributed by atoms with Crippen LogP contribution in [0.3, 0.4) is 0 Å². The molecule has 0 saturated carbocycles. The lowest BCUT2D eigenvalue weighted by Gasteiger charge is -2.05. The second-order valence-electron chi connectivity index (χ2n) is 3.98. The lowest BCUT2D eigenvalue weighted by Crippen LogP contribution is -2.16. The Kier molecular flexibility index (Phi) is 6.96. The summed E-state index contributed by atoms with van der Waals surface area (Å²) in [6.45, 7) is 1.24. The van der Waals surface area contributed by atoms with Crippen LogP contribution in [0.1, 0.15) is 18.1 Å². The van der Waals surface area contributed by atoms with Crippen LogP contribution >= 0.6 is 11.6 Å². The van der Waals surface area contributed by atoms with E-state index < -0.39 is 22.9 Å². The van der Waals surface area contributed by atoms with Crippen molar-refractivity contribution in [3.05, 3.63) is 35.4 Å². The van der Waals surface area contributed by atoms with Gasteiger partial charge in [0.1, 0.15) is 5.38 Å². The molecular formula is C13H16ClNO4. The normalized spacial score (nSPS) is 11.3. The first-order chi connectivity index (χ1) is 8.40. The van der Waals surface area contributed by atoms with Crippen LogP contribution in [-0.4, -0.2) is 28.0 Å². The van der Waals surface area contributed by atoms with Gasteiger partial charge >= 0.3 is 5.97 Å². The third-order valence-corrected chi connectivity index (χ3v) is 2.80. The maximum absolute atomic E-state index is 11.2. The second-order valence-corrected chi connectivity index (χ2v) is 4.51. The first-order valence-electron chi connectivity index (χ1n) is 5.38. The minimum Gasteiger partial charge on any atom is -0.480 e. The number of aliphatic carboxylic acids is 1. The molecule has 0 fully saturated rings. The summed E-state index contributed by atoms with van der Waals surface area (Å²) in [4.78, 5) is 32.6. The van der Waals surface area contributed by atoms with E-state index in [1.165, 1.54) is 6.92 Å². The molecule has 1 aromatic carbocycles. The third kappa shape index (κ3) is 5.63. The fraction of sp³-hybridized carbons (Fsp3) is 0.308. The fourth-order valence-electron chi connectivity index (χ4n) is 1.40. The van der Waals surface area contributed by atoms with Gasteiger partial charge in [0.05, 0.1) is 0 Å². The predicted octanol–water partition coefficient (Wildman–Crippen LogP) is 1.78. The summed E-state index contributed by atoms with van der Waals surface area (Å²) >= 11 is 5.62. The van der Waals surface area contributed by atoms with Crippen LogP contribution in [-0.2, 0) is 27.2 Å². The lowest BCUT2D eigenvalue weighted by molar-refractivity contribution is -0.136. The van der Waals surface area contributed by atoms with Gasteiger partial charge in [-0.3, -0.25) is 14.4 Å². The SMILES string of the molecule is CC(=O)C(=O)Cc1ccc(CC(Cl)C(=O)O)cc1.N. The Bertz CT molecular complexity index is 470. The average Bonchev–Trinajstić information content (AvgIpc) is 2.31. The van der Waals surface area contributed by atoms with Crippen LogP contribution in [0.4, 0.5) is 0 Å². The Morgan fingerprint density at radius 3 is 2.05 bits per heavy atom. The number of ketones is 2. The summed E-state index contributed by atoms with van der Waals surface area (Å²) in [7, 11) is 0. The smallest absolute Gasteiger partial charge is 0.321 e. The number of benzene rings is 1. The molecule has 0 bridgehead atoms. The average molecular weight is 286 g/mol. The van der Waals surface area contributed by atoms with Crippen LogP contribution in [0, 0.1) is 0 Å². The summed E-state index contributed by atoms with van der Waals surface area (Å²) in [6, 6.07) is 6.81. The lowest BCUT2D eigenvalue weighted by atomic mass is 10.0. The number of rotatable bonds is 6. The van der Waals surface area contributed by atoms with Gasteiger partial charge in [-0.15, -0.1) is 11.6 Å². The Morgan fingerprint density at radius 1 is 1.16 bits per heavy atom. The molecule has 104 valence electrons. The van der Waals surface area contributed by atoms with Crippen molar-refractivity contribution in [3.63, 3.8) is 0 Å². The monoisotopic (exact) mass is 285 g/mol. The topological polar surface area (TPSA) is 106 Å². The van der Waals surface area contributed by atoms with Crippen LogP contribution in [0.15, 0.2) is 24.3 Å². The fourth-order valence-corrected chi connectivity index (χ4v) is 1.58. The largest absolute Gasteiger partial charge is 0.480 e. The number of hydrogen-bond acceptors (Lipinski definition) is 4. The molecule has 0 aliphatic rings. The van der Waals surface area contributed by atoms with E-state index in [9.17, 15) is 14.4 Å². The van der Waals surface area contributed by atoms with Crippen molar-refractivity contribution >= 4 is 29.1 Å². The molecule has 0 heterocycles. The summed E-state index contributed by atoms with van der Waals surface area (Å²) in [5.74, 6) is -1.97. The molecule has 4 N–H and O–H groups in total. The van der Waals surface area contributed by atoms with Crippen molar-refractivity contribution in [1.29, 1.82) is 0 Å². The highest BCUT2D eigenvalue weighted by Gasteiger charge is 2.14. The van der Waals surface area contributed by atoms with E-state index in [2.05, 4.69) is 0 Å². The van der Waals surface area contributed by atoms with E-state index in [-0.39, 0.29) is 19.0 Å². The number of hydrogen-bond donors (Lipinski definition) is 2. The molecule has 19 heavy (non-hydrogen) atoms. The number of carbonyl (C=O) groups is 3. The predicted molar refractivity (Wildman–Crippen MR) is 71.8 cm³/mol. The summed E-state index contributed by atoms with van der Waals surface area (Å²) in [5, 5.41) is 7.70. The highest BCUT2D eigenvalue weighted by atomic mass is 35.5. The molecule has 0 spiro atoms. The Labute approximate surface area is 116 Å². The quantitative estimate of drug-likeness (QED) is 0.612. The molecule has 1 rings (SSSR count). The van der Waals surface area contributed by atoms with Crippen LogP contribution in [0.2, 0.25) is 0 Å². The molecule has 0 amide bonds. The Morgan fingerprint density at radius 2 is 1.63 bits per heavy atom. The molecule has 1 unspecified atom stereocenters. The molecule has 1 atom stereocenters. The zero-order valence-electron chi connectivity index (χ0n) is 10.6. The molecule has 1 aromatic rings. The van der Waals surface area contributed by atoms with Crippen LogP contribution in [0.25, 0.3) is 0 Å². The van der Waals surface area contributed by atoms with Gasteiger partial charge < -0.3 is 11.3 Å². The molecule has 0 aliphatic heterocycles. The number of alkyl halides is 1. The number of carbonyl (C=O) groups excluding carboxylic acids is 2. The maximum atomic E-state index is 11.2. The highest BCUT2D eigenvalue weighted by molar-refractivity contribution is 6.36. The minimum absolute atomic E-state index is 0. The number of halogens is 1.